The smallest absolute Gasteiger partial charge is 0.354 e. The fraction of sp³-hybridized carbons (Fsp3) is 0.500. The number of piperidine rings is 1. The van der Waals surface area contributed by atoms with Crippen LogP contribution in [0.2, 0.25) is 0 Å². The Bertz CT molecular complexity index is 974. The molecule has 1 aromatic heterocycles. The molecule has 5 rings (SSSR count). The van der Waals surface area contributed by atoms with Gasteiger partial charge in [0.1, 0.15) is 11.4 Å². The molecule has 1 aromatic carbocycles. The average Bonchev–Trinajstić information content (AvgIpc) is 3.05. The molecule has 2 aromatic rings. The second-order valence-electron chi connectivity index (χ2n) is 7.98. The molecule has 5 heteroatoms. The van der Waals surface area contributed by atoms with Crippen LogP contribution in [0.1, 0.15) is 43.5 Å². The number of fused-ring (bicyclic) bond motifs is 3. The van der Waals surface area contributed by atoms with Crippen molar-refractivity contribution in [2.45, 2.75) is 38.6 Å². The molecule has 0 aliphatic carbocycles. The van der Waals surface area contributed by atoms with E-state index in [0.717, 1.165) is 43.6 Å². The van der Waals surface area contributed by atoms with Crippen LogP contribution in [0.5, 0.6) is 5.75 Å². The highest BCUT2D eigenvalue weighted by Gasteiger charge is 2.51. The number of hydrogen-bond donors (Lipinski definition) is 0. The van der Waals surface area contributed by atoms with Crippen LogP contribution in [0.15, 0.2) is 24.3 Å². The van der Waals surface area contributed by atoms with Gasteiger partial charge in [-0.3, -0.25) is 4.90 Å². The Morgan fingerprint density at radius 3 is 2.89 bits per heavy atom. The van der Waals surface area contributed by atoms with E-state index in [1.807, 2.05) is 6.07 Å². The summed E-state index contributed by atoms with van der Waals surface area (Å²) in [4.78, 5) is 15.4. The van der Waals surface area contributed by atoms with E-state index in [2.05, 4.69) is 34.6 Å². The van der Waals surface area contributed by atoms with Gasteiger partial charge in [-0.25, -0.2) is 4.79 Å². The standard InChI is InChI=1S/C22H26N2O3/c1-4-22-9-5-10-23-11-8-15-16-12-14(26-2)6-7-17(16)24(19(15)20(22)23)18(13-22)21(25)27-3/h6-7,12-13,20H,4-5,8-11H2,1-3H3/t20-,22+/m1/s1. The Kier molecular flexibility index (Phi) is 3.66. The van der Waals surface area contributed by atoms with Crippen molar-refractivity contribution in [2.24, 2.45) is 5.41 Å². The molecule has 0 N–H and O–H groups in total. The van der Waals surface area contributed by atoms with Crippen molar-refractivity contribution in [2.75, 3.05) is 27.3 Å². The van der Waals surface area contributed by atoms with Crippen LogP contribution >= 0.6 is 0 Å². The number of hydrogen-bond acceptors (Lipinski definition) is 4. The van der Waals surface area contributed by atoms with Crippen molar-refractivity contribution in [3.05, 3.63) is 35.5 Å². The number of aromatic nitrogens is 1. The first-order valence-corrected chi connectivity index (χ1v) is 9.90. The summed E-state index contributed by atoms with van der Waals surface area (Å²) < 4.78 is 12.9. The highest BCUT2D eigenvalue weighted by molar-refractivity contribution is 6.13. The van der Waals surface area contributed by atoms with Gasteiger partial charge in [0, 0.05) is 23.0 Å². The largest absolute Gasteiger partial charge is 0.497 e. The Morgan fingerprint density at radius 2 is 2.15 bits per heavy atom. The van der Waals surface area contributed by atoms with Gasteiger partial charge in [0.2, 0.25) is 0 Å². The van der Waals surface area contributed by atoms with Gasteiger partial charge in [-0.05, 0) is 62.1 Å². The van der Waals surface area contributed by atoms with E-state index >= 15 is 0 Å². The molecule has 1 saturated heterocycles. The van der Waals surface area contributed by atoms with Crippen molar-refractivity contribution in [1.82, 2.24) is 9.47 Å². The zero-order chi connectivity index (χ0) is 18.8. The molecule has 0 radical (unpaired) electrons. The second-order valence-corrected chi connectivity index (χ2v) is 7.98. The lowest BCUT2D eigenvalue weighted by Gasteiger charge is -2.53. The summed E-state index contributed by atoms with van der Waals surface area (Å²) in [6.45, 7) is 4.47. The number of ether oxygens (including phenoxy) is 2. The molecular formula is C22H26N2O3. The minimum atomic E-state index is -0.250. The van der Waals surface area contributed by atoms with Gasteiger partial charge >= 0.3 is 5.97 Å². The maximum absolute atomic E-state index is 12.8. The third-order valence-corrected chi connectivity index (χ3v) is 6.94. The predicted octanol–water partition coefficient (Wildman–Crippen LogP) is 3.77. The first kappa shape index (κ1) is 16.9. The molecule has 5 nitrogen and oxygen atoms in total. The molecule has 3 aliphatic heterocycles. The molecule has 4 heterocycles. The zero-order valence-electron chi connectivity index (χ0n) is 16.2. The number of rotatable bonds is 3. The molecule has 27 heavy (non-hydrogen) atoms. The lowest BCUT2D eigenvalue weighted by molar-refractivity contribution is -0.134. The van der Waals surface area contributed by atoms with Crippen molar-refractivity contribution >= 4 is 22.6 Å². The molecule has 0 saturated carbocycles. The Balaban J connectivity index is 1.87. The van der Waals surface area contributed by atoms with E-state index in [9.17, 15) is 4.79 Å². The molecule has 142 valence electrons. The van der Waals surface area contributed by atoms with Crippen LogP contribution in [-0.2, 0) is 16.0 Å². The summed E-state index contributed by atoms with van der Waals surface area (Å²) in [5.74, 6) is 0.609. The van der Waals surface area contributed by atoms with Crippen molar-refractivity contribution < 1.29 is 14.3 Å². The van der Waals surface area contributed by atoms with E-state index in [-0.39, 0.29) is 11.4 Å². The molecule has 2 atom stereocenters. The highest BCUT2D eigenvalue weighted by Crippen LogP contribution is 2.57. The Labute approximate surface area is 159 Å². The molecule has 0 unspecified atom stereocenters. The number of carbonyl (C=O) groups excluding carboxylic acids is 1. The summed E-state index contributed by atoms with van der Waals surface area (Å²) in [6.07, 6.45) is 6.56. The lowest BCUT2D eigenvalue weighted by atomic mass is 9.66. The molecule has 3 aliphatic rings. The number of esters is 1. The highest BCUT2D eigenvalue weighted by atomic mass is 16.5. The van der Waals surface area contributed by atoms with Gasteiger partial charge in [0.05, 0.1) is 25.8 Å². The number of carbonyl (C=O) groups is 1. The van der Waals surface area contributed by atoms with Crippen LogP contribution in [0, 0.1) is 5.41 Å². The summed E-state index contributed by atoms with van der Waals surface area (Å²) in [5, 5.41) is 1.20. The minimum Gasteiger partial charge on any atom is -0.497 e. The minimum absolute atomic E-state index is 0.00536. The third kappa shape index (κ3) is 2.12. The van der Waals surface area contributed by atoms with Crippen LogP contribution in [-0.4, -0.2) is 42.7 Å². The van der Waals surface area contributed by atoms with E-state index < -0.39 is 0 Å². The first-order valence-electron chi connectivity index (χ1n) is 9.90. The molecule has 1 fully saturated rings. The summed E-state index contributed by atoms with van der Waals surface area (Å²) >= 11 is 0. The van der Waals surface area contributed by atoms with E-state index in [1.54, 1.807) is 7.11 Å². The topological polar surface area (TPSA) is 43.7 Å². The van der Waals surface area contributed by atoms with Gasteiger partial charge < -0.3 is 14.0 Å². The second kappa shape index (κ2) is 5.86. The van der Waals surface area contributed by atoms with Crippen LogP contribution < -0.4 is 4.74 Å². The van der Waals surface area contributed by atoms with Crippen molar-refractivity contribution in [1.29, 1.82) is 0 Å². The van der Waals surface area contributed by atoms with Gasteiger partial charge in [0.25, 0.3) is 0 Å². The molecular weight excluding hydrogens is 340 g/mol. The van der Waals surface area contributed by atoms with Crippen molar-refractivity contribution in [3.8, 4) is 5.75 Å². The summed E-state index contributed by atoms with van der Waals surface area (Å²) in [7, 11) is 3.18. The third-order valence-electron chi connectivity index (χ3n) is 6.94. The fourth-order valence-electron chi connectivity index (χ4n) is 5.69. The monoisotopic (exact) mass is 366 g/mol. The Hall–Kier alpha value is -2.27. The maximum atomic E-state index is 12.8. The fourth-order valence-corrected chi connectivity index (χ4v) is 5.69. The lowest BCUT2D eigenvalue weighted by Crippen LogP contribution is -2.51. The number of nitrogens with zero attached hydrogens (tertiary/aromatic N) is 2. The zero-order valence-corrected chi connectivity index (χ0v) is 16.2. The SMILES string of the molecule is CC[C@@]12C=C(C(=O)OC)n3c4c(c5cc(OC)ccc53)CCN(CCC1)[C@H]42. The van der Waals surface area contributed by atoms with Gasteiger partial charge in [-0.15, -0.1) is 0 Å². The molecule has 0 bridgehead atoms. The predicted molar refractivity (Wildman–Crippen MR) is 105 cm³/mol. The van der Waals surface area contributed by atoms with E-state index in [0.29, 0.717) is 11.7 Å². The Morgan fingerprint density at radius 1 is 1.30 bits per heavy atom. The summed E-state index contributed by atoms with van der Waals surface area (Å²) in [5.41, 5.74) is 4.43. The van der Waals surface area contributed by atoms with E-state index in [4.69, 9.17) is 9.47 Å². The van der Waals surface area contributed by atoms with Crippen LogP contribution in [0.4, 0.5) is 0 Å². The average molecular weight is 366 g/mol. The quantitative estimate of drug-likeness (QED) is 0.776. The van der Waals surface area contributed by atoms with Gasteiger partial charge in [-0.2, -0.15) is 0 Å². The first-order chi connectivity index (χ1) is 13.1. The molecule has 0 amide bonds. The normalized spacial score (nSPS) is 26.5. The number of benzene rings is 1. The van der Waals surface area contributed by atoms with Crippen LogP contribution in [0.25, 0.3) is 16.6 Å². The van der Waals surface area contributed by atoms with Gasteiger partial charge in [-0.1, -0.05) is 6.92 Å². The van der Waals surface area contributed by atoms with E-state index in [1.165, 1.54) is 30.2 Å². The van der Waals surface area contributed by atoms with Crippen LogP contribution in [0.3, 0.4) is 0 Å². The van der Waals surface area contributed by atoms with Gasteiger partial charge in [0.15, 0.2) is 0 Å². The summed E-state index contributed by atoms with van der Waals surface area (Å²) in [6, 6.07) is 6.52. The number of methoxy groups -OCH3 is 2. The molecule has 0 spiro atoms. The maximum Gasteiger partial charge on any atom is 0.354 e. The van der Waals surface area contributed by atoms with Crippen molar-refractivity contribution in [3.63, 3.8) is 0 Å².